The minimum absolute atomic E-state index is 0.0357. The monoisotopic (exact) mass is 348 g/mol. The van der Waals surface area contributed by atoms with E-state index in [9.17, 15) is 9.59 Å². The predicted molar refractivity (Wildman–Crippen MR) is 90.3 cm³/mol. The van der Waals surface area contributed by atoms with Crippen LogP contribution >= 0.6 is 35.0 Å². The molecule has 0 aliphatic carbocycles. The lowest BCUT2D eigenvalue weighted by atomic mass is 10.3. The largest absolute Gasteiger partial charge is 0.343 e. The summed E-state index contributed by atoms with van der Waals surface area (Å²) in [6.07, 6.45) is 0. The number of nitrogens with zero attached hydrogens (tertiary/aromatic N) is 1. The fraction of sp³-hybridized carbons (Fsp3) is 0.429. The molecule has 0 aliphatic rings. The Kier molecular flexibility index (Phi) is 7.93. The van der Waals surface area contributed by atoms with Gasteiger partial charge in [-0.25, -0.2) is 0 Å². The highest BCUT2D eigenvalue weighted by Crippen LogP contribution is 2.29. The van der Waals surface area contributed by atoms with Crippen LogP contribution in [0.2, 0.25) is 10.0 Å². The summed E-state index contributed by atoms with van der Waals surface area (Å²) in [6, 6.07) is 5.01. The Morgan fingerprint density at radius 1 is 1.14 bits per heavy atom. The molecule has 116 valence electrons. The van der Waals surface area contributed by atoms with Crippen molar-refractivity contribution >= 4 is 52.5 Å². The van der Waals surface area contributed by atoms with Crippen LogP contribution in [0.1, 0.15) is 13.8 Å². The van der Waals surface area contributed by atoms with Gasteiger partial charge in [-0.2, -0.15) is 0 Å². The van der Waals surface area contributed by atoms with Gasteiger partial charge >= 0.3 is 0 Å². The average Bonchev–Trinajstić information content (AvgIpc) is 2.44. The average molecular weight is 349 g/mol. The van der Waals surface area contributed by atoms with Crippen molar-refractivity contribution in [3.05, 3.63) is 28.2 Å². The molecule has 0 spiro atoms. The van der Waals surface area contributed by atoms with E-state index in [1.165, 1.54) is 11.8 Å². The summed E-state index contributed by atoms with van der Waals surface area (Å²) in [6.45, 7) is 5.21. The van der Waals surface area contributed by atoms with Crippen LogP contribution in [0.25, 0.3) is 0 Å². The molecule has 0 aromatic heterocycles. The Morgan fingerprint density at radius 3 is 2.24 bits per heavy atom. The molecule has 1 rings (SSSR count). The van der Waals surface area contributed by atoms with Crippen LogP contribution in [-0.4, -0.2) is 41.3 Å². The standard InChI is InChI=1S/C14H18Cl2N2O2S/c1-3-18(4-2)13(20)9-21-8-12(19)17-14-10(15)6-5-7-11(14)16/h5-7H,3-4,8-9H2,1-2H3,(H,17,19). The van der Waals surface area contributed by atoms with Gasteiger partial charge in [0.15, 0.2) is 0 Å². The second-order valence-electron chi connectivity index (χ2n) is 4.20. The predicted octanol–water partition coefficient (Wildman–Crippen LogP) is 3.53. The van der Waals surface area contributed by atoms with Gasteiger partial charge in [0, 0.05) is 13.1 Å². The van der Waals surface area contributed by atoms with Crippen LogP contribution < -0.4 is 5.32 Å². The SMILES string of the molecule is CCN(CC)C(=O)CSCC(=O)Nc1c(Cl)cccc1Cl. The van der Waals surface area contributed by atoms with Gasteiger partial charge in [0.1, 0.15) is 0 Å². The molecule has 0 bridgehead atoms. The maximum Gasteiger partial charge on any atom is 0.234 e. The lowest BCUT2D eigenvalue weighted by Gasteiger charge is -2.18. The van der Waals surface area contributed by atoms with E-state index >= 15 is 0 Å². The zero-order valence-corrected chi connectivity index (χ0v) is 14.3. The van der Waals surface area contributed by atoms with E-state index < -0.39 is 0 Å². The smallest absolute Gasteiger partial charge is 0.234 e. The zero-order chi connectivity index (χ0) is 15.8. The molecular weight excluding hydrogens is 331 g/mol. The number of para-hydroxylation sites is 1. The maximum atomic E-state index is 11.8. The maximum absolute atomic E-state index is 11.8. The van der Waals surface area contributed by atoms with E-state index in [-0.39, 0.29) is 23.3 Å². The number of anilines is 1. The number of benzene rings is 1. The number of hydrogen-bond acceptors (Lipinski definition) is 3. The third-order valence-corrected chi connectivity index (χ3v) is 4.35. The van der Waals surface area contributed by atoms with Gasteiger partial charge in [-0.3, -0.25) is 9.59 Å². The third-order valence-electron chi connectivity index (χ3n) is 2.80. The Morgan fingerprint density at radius 2 is 1.71 bits per heavy atom. The van der Waals surface area contributed by atoms with Crippen molar-refractivity contribution in [2.75, 3.05) is 29.9 Å². The van der Waals surface area contributed by atoms with Crippen LogP contribution in [-0.2, 0) is 9.59 Å². The molecule has 0 heterocycles. The molecule has 4 nitrogen and oxygen atoms in total. The second kappa shape index (κ2) is 9.18. The molecule has 1 N–H and O–H groups in total. The first-order valence-corrected chi connectivity index (χ1v) is 8.50. The number of hydrogen-bond donors (Lipinski definition) is 1. The molecule has 1 aromatic carbocycles. The molecule has 0 unspecified atom stereocenters. The quantitative estimate of drug-likeness (QED) is 0.819. The van der Waals surface area contributed by atoms with Crippen molar-refractivity contribution in [1.82, 2.24) is 4.90 Å². The lowest BCUT2D eigenvalue weighted by Crippen LogP contribution is -2.32. The lowest BCUT2D eigenvalue weighted by molar-refractivity contribution is -0.127. The number of halogens is 2. The number of amides is 2. The number of thioether (sulfide) groups is 1. The first-order valence-electron chi connectivity index (χ1n) is 6.58. The Balaban J connectivity index is 2.43. The molecule has 7 heteroatoms. The highest BCUT2D eigenvalue weighted by atomic mass is 35.5. The summed E-state index contributed by atoms with van der Waals surface area (Å²) >= 11 is 13.2. The van der Waals surface area contributed by atoms with E-state index in [1.807, 2.05) is 13.8 Å². The molecule has 0 aliphatic heterocycles. The van der Waals surface area contributed by atoms with Gasteiger partial charge in [0.25, 0.3) is 0 Å². The van der Waals surface area contributed by atoms with Crippen molar-refractivity contribution in [2.24, 2.45) is 0 Å². The molecule has 0 saturated heterocycles. The number of carbonyl (C=O) groups excluding carboxylic acids is 2. The summed E-state index contributed by atoms with van der Waals surface area (Å²) in [4.78, 5) is 25.3. The number of rotatable bonds is 7. The third kappa shape index (κ3) is 5.77. The van der Waals surface area contributed by atoms with Crippen LogP contribution in [0, 0.1) is 0 Å². The van der Waals surface area contributed by atoms with Crippen molar-refractivity contribution in [3.8, 4) is 0 Å². The van der Waals surface area contributed by atoms with E-state index in [4.69, 9.17) is 23.2 Å². The first-order chi connectivity index (χ1) is 9.99. The molecular formula is C14H18Cl2N2O2S. The van der Waals surface area contributed by atoms with Gasteiger partial charge in [-0.15, -0.1) is 11.8 Å². The van der Waals surface area contributed by atoms with Crippen molar-refractivity contribution in [1.29, 1.82) is 0 Å². The van der Waals surface area contributed by atoms with E-state index in [2.05, 4.69) is 5.32 Å². The van der Waals surface area contributed by atoms with Crippen molar-refractivity contribution < 1.29 is 9.59 Å². The van der Waals surface area contributed by atoms with Crippen LogP contribution in [0.3, 0.4) is 0 Å². The van der Waals surface area contributed by atoms with Gasteiger partial charge in [-0.05, 0) is 26.0 Å². The molecule has 0 fully saturated rings. The van der Waals surface area contributed by atoms with Crippen molar-refractivity contribution in [3.63, 3.8) is 0 Å². The van der Waals surface area contributed by atoms with Crippen LogP contribution in [0.4, 0.5) is 5.69 Å². The second-order valence-corrected chi connectivity index (χ2v) is 6.00. The summed E-state index contributed by atoms with van der Waals surface area (Å²) in [5, 5.41) is 3.44. The summed E-state index contributed by atoms with van der Waals surface area (Å²) in [7, 11) is 0. The molecule has 1 aromatic rings. The van der Waals surface area contributed by atoms with E-state index in [1.54, 1.807) is 23.1 Å². The Labute approximate surface area is 139 Å². The van der Waals surface area contributed by atoms with E-state index in [0.29, 0.717) is 28.8 Å². The Bertz CT molecular complexity index is 487. The topological polar surface area (TPSA) is 49.4 Å². The Hall–Kier alpha value is -0.910. The van der Waals surface area contributed by atoms with Gasteiger partial charge in [0.2, 0.25) is 11.8 Å². The number of nitrogens with one attached hydrogen (secondary N) is 1. The molecule has 0 atom stereocenters. The molecule has 0 saturated carbocycles. The highest BCUT2D eigenvalue weighted by Gasteiger charge is 2.12. The summed E-state index contributed by atoms with van der Waals surface area (Å²) in [5.74, 6) is 0.260. The normalized spacial score (nSPS) is 10.3. The van der Waals surface area contributed by atoms with Crippen LogP contribution in [0.5, 0.6) is 0 Å². The highest BCUT2D eigenvalue weighted by molar-refractivity contribution is 8.00. The van der Waals surface area contributed by atoms with Crippen LogP contribution in [0.15, 0.2) is 18.2 Å². The fourth-order valence-corrected chi connectivity index (χ4v) is 2.90. The summed E-state index contributed by atoms with van der Waals surface area (Å²) < 4.78 is 0. The molecule has 21 heavy (non-hydrogen) atoms. The zero-order valence-electron chi connectivity index (χ0n) is 12.0. The first kappa shape index (κ1) is 18.1. The minimum atomic E-state index is -0.234. The van der Waals surface area contributed by atoms with E-state index in [0.717, 1.165) is 0 Å². The molecule has 2 amide bonds. The summed E-state index contributed by atoms with van der Waals surface area (Å²) in [5.41, 5.74) is 0.404. The van der Waals surface area contributed by atoms with Gasteiger partial charge in [0.05, 0.1) is 27.2 Å². The van der Waals surface area contributed by atoms with Crippen molar-refractivity contribution in [2.45, 2.75) is 13.8 Å². The fourth-order valence-electron chi connectivity index (χ4n) is 1.69. The molecule has 0 radical (unpaired) electrons. The van der Waals surface area contributed by atoms with Gasteiger partial charge in [-0.1, -0.05) is 29.3 Å². The minimum Gasteiger partial charge on any atom is -0.343 e. The van der Waals surface area contributed by atoms with Gasteiger partial charge < -0.3 is 10.2 Å². The number of carbonyl (C=O) groups is 2.